The zero-order chi connectivity index (χ0) is 10.4. The van der Waals surface area contributed by atoms with Crippen LogP contribution in [0.3, 0.4) is 0 Å². The van der Waals surface area contributed by atoms with Crippen LogP contribution in [0.1, 0.15) is 5.56 Å². The topological polar surface area (TPSA) is 37.3 Å². The van der Waals surface area contributed by atoms with Crippen LogP contribution in [0.5, 0.6) is 0 Å². The number of rotatable bonds is 5. The fourth-order valence-electron chi connectivity index (χ4n) is 1.04. The Labute approximate surface area is 95.8 Å². The molecule has 1 N–H and O–H groups in total. The van der Waals surface area contributed by atoms with Crippen LogP contribution in [0.15, 0.2) is 28.7 Å². The molecule has 0 unspecified atom stereocenters. The van der Waals surface area contributed by atoms with Gasteiger partial charge in [-0.3, -0.25) is 4.79 Å². The van der Waals surface area contributed by atoms with E-state index in [1.165, 1.54) is 17.3 Å². The molecular formula is C10H11BrO2S. The Kier molecular flexibility index (Phi) is 5.04. The smallest absolute Gasteiger partial charge is 0.313 e. The van der Waals surface area contributed by atoms with Crippen LogP contribution < -0.4 is 0 Å². The summed E-state index contributed by atoms with van der Waals surface area (Å²) in [6.07, 6.45) is 0.902. The van der Waals surface area contributed by atoms with Crippen LogP contribution in [0.25, 0.3) is 0 Å². The molecule has 0 bridgehead atoms. The summed E-state index contributed by atoms with van der Waals surface area (Å²) in [5.41, 5.74) is 1.23. The van der Waals surface area contributed by atoms with Crippen LogP contribution >= 0.6 is 27.7 Å². The molecule has 1 aromatic rings. The molecule has 0 saturated carbocycles. The number of thioether (sulfide) groups is 1. The Morgan fingerprint density at radius 2 is 2.14 bits per heavy atom. The van der Waals surface area contributed by atoms with E-state index in [0.29, 0.717) is 0 Å². The number of aliphatic carboxylic acids is 1. The third kappa shape index (κ3) is 4.15. The highest BCUT2D eigenvalue weighted by Crippen LogP contribution is 2.17. The van der Waals surface area contributed by atoms with E-state index >= 15 is 0 Å². The first-order valence-corrected chi connectivity index (χ1v) is 6.18. The van der Waals surface area contributed by atoms with E-state index in [9.17, 15) is 4.79 Å². The van der Waals surface area contributed by atoms with Crippen molar-refractivity contribution in [1.82, 2.24) is 0 Å². The molecule has 0 radical (unpaired) electrons. The van der Waals surface area contributed by atoms with E-state index in [1.807, 2.05) is 24.3 Å². The third-order valence-corrected chi connectivity index (χ3v) is 3.42. The molecule has 0 amide bonds. The van der Waals surface area contributed by atoms with Gasteiger partial charge in [-0.1, -0.05) is 34.1 Å². The molecule has 0 atom stereocenters. The van der Waals surface area contributed by atoms with Gasteiger partial charge >= 0.3 is 5.97 Å². The molecule has 0 fully saturated rings. The predicted molar refractivity (Wildman–Crippen MR) is 62.8 cm³/mol. The van der Waals surface area contributed by atoms with Crippen molar-refractivity contribution in [2.24, 2.45) is 0 Å². The molecule has 0 saturated heterocycles. The van der Waals surface area contributed by atoms with Gasteiger partial charge in [0.25, 0.3) is 0 Å². The summed E-state index contributed by atoms with van der Waals surface area (Å²) in [4.78, 5) is 10.2. The lowest BCUT2D eigenvalue weighted by atomic mass is 10.2. The maximum absolute atomic E-state index is 10.2. The van der Waals surface area contributed by atoms with Gasteiger partial charge in [0, 0.05) is 4.47 Å². The zero-order valence-electron chi connectivity index (χ0n) is 7.57. The van der Waals surface area contributed by atoms with E-state index in [4.69, 9.17) is 5.11 Å². The van der Waals surface area contributed by atoms with E-state index in [2.05, 4.69) is 15.9 Å². The number of hydrogen-bond donors (Lipinski definition) is 1. The molecule has 1 aromatic carbocycles. The van der Waals surface area contributed by atoms with Crippen molar-refractivity contribution in [3.8, 4) is 0 Å². The van der Waals surface area contributed by atoms with E-state index in [0.717, 1.165) is 16.6 Å². The molecule has 0 aliphatic rings. The van der Waals surface area contributed by atoms with Crippen molar-refractivity contribution in [2.75, 3.05) is 11.5 Å². The van der Waals surface area contributed by atoms with E-state index < -0.39 is 5.97 Å². The summed E-state index contributed by atoms with van der Waals surface area (Å²) >= 11 is 4.90. The number of benzene rings is 1. The SMILES string of the molecule is O=C(O)CSCCc1ccccc1Br. The Morgan fingerprint density at radius 1 is 1.43 bits per heavy atom. The fraction of sp³-hybridized carbons (Fsp3) is 0.300. The monoisotopic (exact) mass is 274 g/mol. The first-order valence-electron chi connectivity index (χ1n) is 4.23. The molecule has 14 heavy (non-hydrogen) atoms. The highest BCUT2D eigenvalue weighted by molar-refractivity contribution is 9.10. The van der Waals surface area contributed by atoms with Crippen LogP contribution in [-0.4, -0.2) is 22.6 Å². The molecule has 0 heterocycles. The molecule has 2 nitrogen and oxygen atoms in total. The van der Waals surface area contributed by atoms with Crippen LogP contribution in [-0.2, 0) is 11.2 Å². The van der Waals surface area contributed by atoms with Gasteiger partial charge < -0.3 is 5.11 Å². The molecule has 76 valence electrons. The molecular weight excluding hydrogens is 264 g/mol. The average molecular weight is 275 g/mol. The summed E-state index contributed by atoms with van der Waals surface area (Å²) in [5, 5.41) is 8.44. The van der Waals surface area contributed by atoms with Crippen LogP contribution in [0, 0.1) is 0 Å². The Morgan fingerprint density at radius 3 is 2.79 bits per heavy atom. The number of carboxylic acids is 1. The molecule has 0 aliphatic carbocycles. The van der Waals surface area contributed by atoms with Crippen molar-refractivity contribution in [3.05, 3.63) is 34.3 Å². The molecule has 0 aromatic heterocycles. The quantitative estimate of drug-likeness (QED) is 0.839. The standard InChI is InChI=1S/C10H11BrO2S/c11-9-4-2-1-3-8(9)5-6-14-7-10(12)13/h1-4H,5-7H2,(H,12,13). The van der Waals surface area contributed by atoms with E-state index in [-0.39, 0.29) is 5.75 Å². The Hall–Kier alpha value is -0.480. The van der Waals surface area contributed by atoms with E-state index in [1.54, 1.807) is 0 Å². The second kappa shape index (κ2) is 6.09. The van der Waals surface area contributed by atoms with Crippen molar-refractivity contribution < 1.29 is 9.90 Å². The number of aryl methyl sites for hydroxylation is 1. The van der Waals surface area contributed by atoms with Crippen molar-refractivity contribution in [1.29, 1.82) is 0 Å². The minimum atomic E-state index is -0.748. The number of halogens is 1. The Bertz CT molecular complexity index is 315. The highest BCUT2D eigenvalue weighted by atomic mass is 79.9. The molecule has 0 spiro atoms. The minimum Gasteiger partial charge on any atom is -0.481 e. The van der Waals surface area contributed by atoms with Crippen LogP contribution in [0.4, 0.5) is 0 Å². The lowest BCUT2D eigenvalue weighted by Gasteiger charge is -2.02. The lowest BCUT2D eigenvalue weighted by Crippen LogP contribution is -2.00. The van der Waals surface area contributed by atoms with Crippen LogP contribution in [0.2, 0.25) is 0 Å². The number of carbonyl (C=O) groups is 1. The maximum atomic E-state index is 10.2. The summed E-state index contributed by atoms with van der Waals surface area (Å²) in [5.74, 6) is 0.279. The van der Waals surface area contributed by atoms with Gasteiger partial charge in [-0.05, 0) is 23.8 Å². The summed E-state index contributed by atoms with van der Waals surface area (Å²) in [6, 6.07) is 8.00. The van der Waals surface area contributed by atoms with Gasteiger partial charge in [0.2, 0.25) is 0 Å². The Balaban J connectivity index is 2.31. The normalized spacial score (nSPS) is 10.1. The minimum absolute atomic E-state index is 0.185. The second-order valence-corrected chi connectivity index (χ2v) is 4.75. The fourth-order valence-corrected chi connectivity index (χ4v) is 2.21. The highest BCUT2D eigenvalue weighted by Gasteiger charge is 2.00. The number of hydrogen-bond acceptors (Lipinski definition) is 2. The second-order valence-electron chi connectivity index (χ2n) is 2.79. The van der Waals surface area contributed by atoms with Gasteiger partial charge in [-0.2, -0.15) is 0 Å². The maximum Gasteiger partial charge on any atom is 0.313 e. The van der Waals surface area contributed by atoms with Gasteiger partial charge in [-0.25, -0.2) is 0 Å². The molecule has 0 aliphatic heterocycles. The third-order valence-electron chi connectivity index (χ3n) is 1.70. The van der Waals surface area contributed by atoms with Gasteiger partial charge in [0.15, 0.2) is 0 Å². The number of carboxylic acid groups (broad SMARTS) is 1. The van der Waals surface area contributed by atoms with Gasteiger partial charge in [-0.15, -0.1) is 11.8 Å². The largest absolute Gasteiger partial charge is 0.481 e. The summed E-state index contributed by atoms with van der Waals surface area (Å²) in [6.45, 7) is 0. The first kappa shape index (κ1) is 11.6. The van der Waals surface area contributed by atoms with Crippen molar-refractivity contribution in [2.45, 2.75) is 6.42 Å². The average Bonchev–Trinajstić information content (AvgIpc) is 2.15. The first-order chi connectivity index (χ1) is 6.70. The molecule has 4 heteroatoms. The van der Waals surface area contributed by atoms with Gasteiger partial charge in [0.1, 0.15) is 0 Å². The van der Waals surface area contributed by atoms with Crippen molar-refractivity contribution >= 4 is 33.7 Å². The van der Waals surface area contributed by atoms with Gasteiger partial charge in [0.05, 0.1) is 5.75 Å². The molecule has 1 rings (SSSR count). The van der Waals surface area contributed by atoms with Crippen molar-refractivity contribution in [3.63, 3.8) is 0 Å². The summed E-state index contributed by atoms with van der Waals surface area (Å²) in [7, 11) is 0. The predicted octanol–water partition coefficient (Wildman–Crippen LogP) is 2.81. The lowest BCUT2D eigenvalue weighted by molar-refractivity contribution is -0.133. The summed E-state index contributed by atoms with van der Waals surface area (Å²) < 4.78 is 1.09. The zero-order valence-corrected chi connectivity index (χ0v) is 9.97.